The van der Waals surface area contributed by atoms with Crippen molar-refractivity contribution < 1.29 is 9.53 Å². The predicted octanol–water partition coefficient (Wildman–Crippen LogP) is 3.42. The Balaban J connectivity index is 1.51. The Kier molecular flexibility index (Phi) is 5.96. The number of carbonyl (C=O) groups excluding carboxylic acids is 1. The number of methoxy groups -OCH3 is 1. The summed E-state index contributed by atoms with van der Waals surface area (Å²) in [5, 5.41) is 3.90. The van der Waals surface area contributed by atoms with Crippen molar-refractivity contribution in [2.45, 2.75) is 19.8 Å². The van der Waals surface area contributed by atoms with Gasteiger partial charge in [0.15, 0.2) is 0 Å². The summed E-state index contributed by atoms with van der Waals surface area (Å²) in [5.74, 6) is 0.806. The molecular weight excluding hydrogens is 346 g/mol. The Morgan fingerprint density at radius 3 is 2.69 bits per heavy atom. The third kappa shape index (κ3) is 4.67. The highest BCUT2D eigenvalue weighted by atomic mass is 32.1. The monoisotopic (exact) mass is 367 g/mol. The van der Waals surface area contributed by atoms with E-state index in [9.17, 15) is 4.79 Å². The molecule has 3 rings (SSSR count). The number of rotatable bonds is 7. The van der Waals surface area contributed by atoms with Crippen LogP contribution in [0.25, 0.3) is 10.7 Å². The summed E-state index contributed by atoms with van der Waals surface area (Å²) < 4.78 is 5.12. The summed E-state index contributed by atoms with van der Waals surface area (Å²) in [6.07, 6.45) is 2.90. The van der Waals surface area contributed by atoms with E-state index in [4.69, 9.17) is 4.74 Å². The summed E-state index contributed by atoms with van der Waals surface area (Å²) in [4.78, 5) is 22.2. The number of thiazole rings is 1. The number of hydrogen-bond donors (Lipinski definition) is 1. The molecule has 0 atom stereocenters. The van der Waals surface area contributed by atoms with Crippen molar-refractivity contribution in [3.05, 3.63) is 64.8 Å². The number of aryl methyl sites for hydroxylation is 1. The fraction of sp³-hybridized carbons (Fsp3) is 0.250. The van der Waals surface area contributed by atoms with Gasteiger partial charge in [-0.15, -0.1) is 11.3 Å². The van der Waals surface area contributed by atoms with Gasteiger partial charge in [-0.25, -0.2) is 4.98 Å². The second-order valence-corrected chi connectivity index (χ2v) is 6.95. The zero-order chi connectivity index (χ0) is 18.4. The van der Waals surface area contributed by atoms with E-state index in [0.29, 0.717) is 13.0 Å². The molecule has 1 amide bonds. The maximum absolute atomic E-state index is 12.1. The molecule has 0 spiro atoms. The molecular formula is C20H21N3O2S. The van der Waals surface area contributed by atoms with Crippen LogP contribution in [0.1, 0.15) is 16.1 Å². The Hall–Kier alpha value is -2.73. The molecule has 26 heavy (non-hydrogen) atoms. The van der Waals surface area contributed by atoms with Crippen LogP contribution >= 0.6 is 11.3 Å². The van der Waals surface area contributed by atoms with Crippen molar-refractivity contribution in [2.24, 2.45) is 0 Å². The Morgan fingerprint density at radius 1 is 1.19 bits per heavy atom. The molecule has 3 aromatic rings. The van der Waals surface area contributed by atoms with Gasteiger partial charge in [0.25, 0.3) is 0 Å². The van der Waals surface area contributed by atoms with E-state index in [0.717, 1.165) is 34.1 Å². The third-order valence-electron chi connectivity index (χ3n) is 3.97. The van der Waals surface area contributed by atoms with E-state index in [-0.39, 0.29) is 5.91 Å². The van der Waals surface area contributed by atoms with Crippen molar-refractivity contribution in [3.63, 3.8) is 0 Å². The molecule has 6 heteroatoms. The van der Waals surface area contributed by atoms with Crippen molar-refractivity contribution in [2.75, 3.05) is 13.7 Å². The van der Waals surface area contributed by atoms with Crippen LogP contribution in [0.3, 0.4) is 0 Å². The molecule has 0 aliphatic carbocycles. The lowest BCUT2D eigenvalue weighted by Crippen LogP contribution is -2.27. The van der Waals surface area contributed by atoms with E-state index < -0.39 is 0 Å². The number of benzene rings is 1. The van der Waals surface area contributed by atoms with E-state index in [2.05, 4.69) is 15.3 Å². The summed E-state index contributed by atoms with van der Waals surface area (Å²) in [5.41, 5.74) is 2.85. The molecule has 0 saturated carbocycles. The number of carbonyl (C=O) groups is 1. The van der Waals surface area contributed by atoms with Crippen LogP contribution in [0.15, 0.2) is 48.7 Å². The summed E-state index contributed by atoms with van der Waals surface area (Å²) >= 11 is 1.63. The molecule has 0 bridgehead atoms. The molecule has 134 valence electrons. The van der Waals surface area contributed by atoms with Crippen molar-refractivity contribution in [1.29, 1.82) is 0 Å². The number of ether oxygens (including phenoxy) is 1. The standard InChI is InChI=1S/C20H21N3O2S/c1-14-18(26-20(23-14)17-5-3-4-11-21-17)10-12-22-19(24)13-15-6-8-16(25-2)9-7-15/h3-9,11H,10,12-13H2,1-2H3,(H,22,24). The smallest absolute Gasteiger partial charge is 0.224 e. The average molecular weight is 367 g/mol. The minimum absolute atomic E-state index is 0.0160. The van der Waals surface area contributed by atoms with Crippen LogP contribution in [0.4, 0.5) is 0 Å². The number of aromatic nitrogens is 2. The van der Waals surface area contributed by atoms with Gasteiger partial charge >= 0.3 is 0 Å². The first-order valence-corrected chi connectivity index (χ1v) is 9.24. The van der Waals surface area contributed by atoms with Crippen LogP contribution in [-0.4, -0.2) is 29.5 Å². The van der Waals surface area contributed by atoms with Gasteiger partial charge < -0.3 is 10.1 Å². The Labute approximate surface area is 157 Å². The summed E-state index contributed by atoms with van der Waals surface area (Å²) in [7, 11) is 1.63. The minimum Gasteiger partial charge on any atom is -0.497 e. The van der Waals surface area contributed by atoms with E-state index in [1.807, 2.05) is 49.4 Å². The first-order chi connectivity index (χ1) is 12.7. The van der Waals surface area contributed by atoms with Gasteiger partial charge in [-0.05, 0) is 36.8 Å². The van der Waals surface area contributed by atoms with Crippen LogP contribution in [0.2, 0.25) is 0 Å². The highest BCUT2D eigenvalue weighted by molar-refractivity contribution is 7.15. The number of hydrogen-bond acceptors (Lipinski definition) is 5. The van der Waals surface area contributed by atoms with Gasteiger partial charge in [0, 0.05) is 24.0 Å². The molecule has 2 heterocycles. The SMILES string of the molecule is COc1ccc(CC(=O)NCCc2sc(-c3ccccn3)nc2C)cc1. The molecule has 0 saturated heterocycles. The molecule has 0 fully saturated rings. The number of nitrogens with one attached hydrogen (secondary N) is 1. The maximum Gasteiger partial charge on any atom is 0.224 e. The Morgan fingerprint density at radius 2 is 2.00 bits per heavy atom. The van der Waals surface area contributed by atoms with Gasteiger partial charge in [-0.3, -0.25) is 9.78 Å². The quantitative estimate of drug-likeness (QED) is 0.695. The fourth-order valence-electron chi connectivity index (χ4n) is 2.57. The van der Waals surface area contributed by atoms with Gasteiger partial charge in [-0.2, -0.15) is 0 Å². The highest BCUT2D eigenvalue weighted by Crippen LogP contribution is 2.26. The molecule has 5 nitrogen and oxygen atoms in total. The maximum atomic E-state index is 12.1. The lowest BCUT2D eigenvalue weighted by molar-refractivity contribution is -0.120. The first-order valence-electron chi connectivity index (χ1n) is 8.43. The lowest BCUT2D eigenvalue weighted by atomic mass is 10.1. The normalized spacial score (nSPS) is 10.5. The average Bonchev–Trinajstić information content (AvgIpc) is 3.04. The predicted molar refractivity (Wildman–Crippen MR) is 103 cm³/mol. The van der Waals surface area contributed by atoms with Crippen molar-refractivity contribution in [3.8, 4) is 16.5 Å². The minimum atomic E-state index is 0.0160. The van der Waals surface area contributed by atoms with Gasteiger partial charge in [0.1, 0.15) is 10.8 Å². The van der Waals surface area contributed by atoms with Crippen LogP contribution in [0, 0.1) is 6.92 Å². The van der Waals surface area contributed by atoms with E-state index in [1.54, 1.807) is 24.6 Å². The van der Waals surface area contributed by atoms with Gasteiger partial charge in [-0.1, -0.05) is 18.2 Å². The highest BCUT2D eigenvalue weighted by Gasteiger charge is 2.11. The zero-order valence-electron chi connectivity index (χ0n) is 14.9. The van der Waals surface area contributed by atoms with Crippen molar-refractivity contribution in [1.82, 2.24) is 15.3 Å². The van der Waals surface area contributed by atoms with Gasteiger partial charge in [0.05, 0.1) is 24.9 Å². The largest absolute Gasteiger partial charge is 0.497 e. The lowest BCUT2D eigenvalue weighted by Gasteiger charge is -2.06. The molecule has 2 aromatic heterocycles. The molecule has 0 aliphatic rings. The zero-order valence-corrected chi connectivity index (χ0v) is 15.7. The van der Waals surface area contributed by atoms with Crippen LogP contribution < -0.4 is 10.1 Å². The van der Waals surface area contributed by atoms with Gasteiger partial charge in [0.2, 0.25) is 5.91 Å². The van der Waals surface area contributed by atoms with E-state index in [1.165, 1.54) is 4.88 Å². The summed E-state index contributed by atoms with van der Waals surface area (Å²) in [6.45, 7) is 2.59. The fourth-order valence-corrected chi connectivity index (χ4v) is 3.60. The first kappa shape index (κ1) is 18.1. The van der Waals surface area contributed by atoms with E-state index >= 15 is 0 Å². The number of nitrogens with zero attached hydrogens (tertiary/aromatic N) is 2. The molecule has 0 unspecified atom stereocenters. The molecule has 1 N–H and O–H groups in total. The van der Waals surface area contributed by atoms with Crippen LogP contribution in [0.5, 0.6) is 5.75 Å². The molecule has 0 radical (unpaired) electrons. The number of pyridine rings is 1. The molecule has 1 aromatic carbocycles. The third-order valence-corrected chi connectivity index (χ3v) is 5.21. The number of amides is 1. The van der Waals surface area contributed by atoms with Crippen LogP contribution in [-0.2, 0) is 17.6 Å². The van der Waals surface area contributed by atoms with Crippen molar-refractivity contribution >= 4 is 17.2 Å². The second-order valence-electron chi connectivity index (χ2n) is 5.87. The Bertz CT molecular complexity index is 861. The topological polar surface area (TPSA) is 64.1 Å². The second kappa shape index (κ2) is 8.58. The summed E-state index contributed by atoms with van der Waals surface area (Å²) in [6, 6.07) is 13.3. The molecule has 0 aliphatic heterocycles.